The zero-order valence-electron chi connectivity index (χ0n) is 12.9. The molecule has 2 aromatic rings. The van der Waals surface area contributed by atoms with Gasteiger partial charge in [0.05, 0.1) is 11.4 Å². The fourth-order valence-corrected chi connectivity index (χ4v) is 3.55. The number of aromatic nitrogens is 2. The Balaban J connectivity index is 1.86. The number of nitrogens with one attached hydrogen (secondary N) is 1. The van der Waals surface area contributed by atoms with Crippen LogP contribution in [0, 0.1) is 0 Å². The average Bonchev–Trinajstić information content (AvgIpc) is 3.00. The lowest BCUT2D eigenvalue weighted by molar-refractivity contribution is 0.407. The van der Waals surface area contributed by atoms with Gasteiger partial charge in [-0.15, -0.1) is 0 Å². The van der Waals surface area contributed by atoms with Crippen LogP contribution >= 0.6 is 0 Å². The maximum absolute atomic E-state index is 5.02. The summed E-state index contributed by atoms with van der Waals surface area (Å²) in [6.07, 6.45) is 5.12. The van der Waals surface area contributed by atoms with Crippen LogP contribution in [0.25, 0.3) is 5.69 Å². The molecule has 0 radical (unpaired) electrons. The number of hydrogen-bond donors (Lipinski definition) is 1. The molecule has 1 N–H and O–H groups in total. The highest BCUT2D eigenvalue weighted by molar-refractivity contribution is 5.59. The van der Waals surface area contributed by atoms with Crippen LogP contribution in [-0.4, -0.2) is 16.3 Å². The second kappa shape index (κ2) is 4.90. The van der Waals surface area contributed by atoms with Crippen molar-refractivity contribution in [2.75, 3.05) is 11.9 Å². The smallest absolute Gasteiger partial charge is 0.133 e. The number of fused-ring (bicyclic) bond motifs is 1. The van der Waals surface area contributed by atoms with Crippen LogP contribution in [0.3, 0.4) is 0 Å². The van der Waals surface area contributed by atoms with Crippen LogP contribution < -0.4 is 5.32 Å². The van der Waals surface area contributed by atoms with Crippen molar-refractivity contribution in [3.8, 4) is 5.69 Å². The predicted octanol–water partition coefficient (Wildman–Crippen LogP) is 4.23. The quantitative estimate of drug-likeness (QED) is 0.912. The van der Waals surface area contributed by atoms with Crippen molar-refractivity contribution in [1.82, 2.24) is 9.78 Å². The second-order valence-corrected chi connectivity index (χ2v) is 6.64. The number of rotatable bonds is 3. The fourth-order valence-electron chi connectivity index (χ4n) is 3.55. The van der Waals surface area contributed by atoms with Gasteiger partial charge in [0.1, 0.15) is 5.82 Å². The monoisotopic (exact) mass is 281 g/mol. The summed E-state index contributed by atoms with van der Waals surface area (Å²) in [6.45, 7) is 5.56. The van der Waals surface area contributed by atoms with Crippen LogP contribution in [0.1, 0.15) is 61.8 Å². The van der Waals surface area contributed by atoms with Crippen molar-refractivity contribution >= 4 is 5.82 Å². The van der Waals surface area contributed by atoms with Crippen molar-refractivity contribution in [3.05, 3.63) is 41.1 Å². The van der Waals surface area contributed by atoms with Crippen molar-refractivity contribution < 1.29 is 0 Å². The number of hydrogen-bond acceptors (Lipinski definition) is 2. The molecule has 4 rings (SSSR count). The van der Waals surface area contributed by atoms with Gasteiger partial charge >= 0.3 is 0 Å². The van der Waals surface area contributed by atoms with Crippen LogP contribution in [0.5, 0.6) is 0 Å². The third kappa shape index (κ3) is 1.98. The minimum Gasteiger partial charge on any atom is -0.369 e. The molecule has 0 bridgehead atoms. The Hall–Kier alpha value is -1.77. The first kappa shape index (κ1) is 12.9. The highest BCUT2D eigenvalue weighted by Gasteiger charge is 2.31. The van der Waals surface area contributed by atoms with Crippen molar-refractivity contribution in [1.29, 1.82) is 0 Å². The molecule has 21 heavy (non-hydrogen) atoms. The zero-order chi connectivity index (χ0) is 14.4. The first-order valence-corrected chi connectivity index (χ1v) is 8.20. The van der Waals surface area contributed by atoms with Crippen LogP contribution in [0.4, 0.5) is 5.82 Å². The number of para-hydroxylation sites is 1. The fraction of sp³-hybridized carbons (Fsp3) is 0.500. The Kier molecular flexibility index (Phi) is 3.02. The lowest BCUT2D eigenvalue weighted by Crippen LogP contribution is -2.13. The summed E-state index contributed by atoms with van der Waals surface area (Å²) in [5.41, 5.74) is 5.44. The lowest BCUT2D eigenvalue weighted by atomic mass is 9.81. The van der Waals surface area contributed by atoms with Gasteiger partial charge < -0.3 is 5.32 Å². The Morgan fingerprint density at radius 3 is 2.76 bits per heavy atom. The molecule has 1 aromatic carbocycles. The summed E-state index contributed by atoms with van der Waals surface area (Å²) >= 11 is 0. The third-order valence-electron chi connectivity index (χ3n) is 4.96. The molecule has 0 amide bonds. The van der Waals surface area contributed by atoms with Gasteiger partial charge in [0.2, 0.25) is 0 Å². The summed E-state index contributed by atoms with van der Waals surface area (Å²) in [5.74, 6) is 2.45. The van der Waals surface area contributed by atoms with Gasteiger partial charge in [0.15, 0.2) is 0 Å². The van der Waals surface area contributed by atoms with Gasteiger partial charge in [0, 0.05) is 18.0 Å². The van der Waals surface area contributed by atoms with Crippen molar-refractivity contribution in [2.45, 2.75) is 51.4 Å². The SMILES string of the molecule is CC(C)c1ccccc1-n1nc(C2CCC2)c2c1NCC2. The van der Waals surface area contributed by atoms with Crippen molar-refractivity contribution in [2.24, 2.45) is 0 Å². The second-order valence-electron chi connectivity index (χ2n) is 6.64. The van der Waals surface area contributed by atoms with Crippen LogP contribution in [0.15, 0.2) is 24.3 Å². The van der Waals surface area contributed by atoms with E-state index in [-0.39, 0.29) is 0 Å². The summed E-state index contributed by atoms with van der Waals surface area (Å²) in [4.78, 5) is 0. The summed E-state index contributed by atoms with van der Waals surface area (Å²) < 4.78 is 2.17. The summed E-state index contributed by atoms with van der Waals surface area (Å²) in [5, 5.41) is 8.58. The van der Waals surface area contributed by atoms with E-state index in [0.717, 1.165) is 13.0 Å². The van der Waals surface area contributed by atoms with Gasteiger partial charge in [-0.2, -0.15) is 5.10 Å². The van der Waals surface area contributed by atoms with E-state index >= 15 is 0 Å². The van der Waals surface area contributed by atoms with E-state index in [0.29, 0.717) is 11.8 Å². The molecule has 1 fully saturated rings. The molecule has 2 aliphatic rings. The maximum Gasteiger partial charge on any atom is 0.133 e. The molecule has 1 aromatic heterocycles. The predicted molar refractivity (Wildman–Crippen MR) is 86.4 cm³/mol. The standard InChI is InChI=1S/C18H23N3/c1-12(2)14-8-3-4-9-16(14)21-18-15(10-11-19-18)17(20-21)13-6-5-7-13/h3-4,8-9,12-13,19H,5-7,10-11H2,1-2H3. The van der Waals surface area contributed by atoms with Gasteiger partial charge in [-0.1, -0.05) is 38.5 Å². The molecular weight excluding hydrogens is 258 g/mol. The van der Waals surface area contributed by atoms with E-state index in [4.69, 9.17) is 5.10 Å². The molecule has 1 aliphatic carbocycles. The van der Waals surface area contributed by atoms with E-state index in [9.17, 15) is 0 Å². The van der Waals surface area contributed by atoms with Gasteiger partial charge in [-0.05, 0) is 36.8 Å². The van der Waals surface area contributed by atoms with E-state index in [1.54, 1.807) is 0 Å². The third-order valence-corrected chi connectivity index (χ3v) is 4.96. The summed E-state index contributed by atoms with van der Waals surface area (Å²) in [7, 11) is 0. The highest BCUT2D eigenvalue weighted by atomic mass is 15.3. The molecule has 0 unspecified atom stereocenters. The molecule has 0 spiro atoms. The van der Waals surface area contributed by atoms with E-state index in [1.807, 2.05) is 0 Å². The Labute approximate surface area is 126 Å². The number of anilines is 1. The minimum absolute atomic E-state index is 0.509. The van der Waals surface area contributed by atoms with Gasteiger partial charge in [-0.3, -0.25) is 0 Å². The molecule has 110 valence electrons. The summed E-state index contributed by atoms with van der Waals surface area (Å²) in [6, 6.07) is 8.68. The van der Waals surface area contributed by atoms with Crippen molar-refractivity contribution in [3.63, 3.8) is 0 Å². The van der Waals surface area contributed by atoms with Crippen LogP contribution in [-0.2, 0) is 6.42 Å². The highest BCUT2D eigenvalue weighted by Crippen LogP contribution is 2.42. The number of benzene rings is 1. The van der Waals surface area contributed by atoms with Crippen LogP contribution in [0.2, 0.25) is 0 Å². The molecular formula is C18H23N3. The van der Waals surface area contributed by atoms with Gasteiger partial charge in [0.25, 0.3) is 0 Å². The number of nitrogens with zero attached hydrogens (tertiary/aromatic N) is 2. The topological polar surface area (TPSA) is 29.9 Å². The normalized spacial score (nSPS) is 17.7. The van der Waals surface area contributed by atoms with E-state index < -0.39 is 0 Å². The largest absolute Gasteiger partial charge is 0.369 e. The van der Waals surface area contributed by atoms with E-state index in [2.05, 4.69) is 48.1 Å². The van der Waals surface area contributed by atoms with Gasteiger partial charge in [-0.25, -0.2) is 4.68 Å². The molecule has 1 saturated carbocycles. The molecule has 3 heteroatoms. The molecule has 2 heterocycles. The minimum atomic E-state index is 0.509. The molecule has 0 saturated heterocycles. The lowest BCUT2D eigenvalue weighted by Gasteiger charge is -2.24. The Morgan fingerprint density at radius 2 is 2.05 bits per heavy atom. The maximum atomic E-state index is 5.02. The Morgan fingerprint density at radius 1 is 1.24 bits per heavy atom. The molecule has 0 atom stereocenters. The molecule has 1 aliphatic heterocycles. The van der Waals surface area contributed by atoms with E-state index in [1.165, 1.54) is 47.6 Å². The zero-order valence-corrected chi connectivity index (χ0v) is 12.9. The first-order chi connectivity index (χ1) is 10.3. The first-order valence-electron chi connectivity index (χ1n) is 8.20. The average molecular weight is 281 g/mol. The Bertz CT molecular complexity index is 665. The molecule has 3 nitrogen and oxygen atoms in total.